The molecule has 0 aromatic rings. The van der Waals surface area contributed by atoms with Crippen LogP contribution in [0.4, 0.5) is 0 Å². The fourth-order valence-electron chi connectivity index (χ4n) is 0. The monoisotopic (exact) mass is 327 g/mol. The third-order valence-electron chi connectivity index (χ3n) is 0. The summed E-state index contributed by atoms with van der Waals surface area (Å²) in [5, 5.41) is 0. The first kappa shape index (κ1) is 71.2. The van der Waals surface area contributed by atoms with E-state index in [1.165, 1.54) is 0 Å². The Bertz CT molecular complexity index is 16.0. The van der Waals surface area contributed by atoms with Gasteiger partial charge in [0.25, 0.3) is 0 Å². The molecule has 0 N–H and O–H groups in total. The summed E-state index contributed by atoms with van der Waals surface area (Å²) in [4.78, 5) is 0. The Morgan fingerprint density at radius 3 is 0.875 bits per heavy atom. The van der Waals surface area contributed by atoms with Gasteiger partial charge in [-0.3, -0.25) is 0 Å². The van der Waals surface area contributed by atoms with Crippen LogP contribution in [0.5, 0.6) is 0 Å². The summed E-state index contributed by atoms with van der Waals surface area (Å²) in [6.07, 6.45) is 0. The van der Waals surface area contributed by atoms with Gasteiger partial charge in [0.1, 0.15) is 0 Å². The van der Waals surface area contributed by atoms with Crippen molar-refractivity contribution in [3.05, 3.63) is 0 Å². The fourth-order valence-corrected chi connectivity index (χ4v) is 0. The van der Waals surface area contributed by atoms with E-state index in [4.69, 9.17) is 3.25 Å². The molecule has 0 spiro atoms. The van der Waals surface area contributed by atoms with Gasteiger partial charge in [-0.1, -0.05) is 0 Å². The Kier molecular flexibility index (Phi) is 850. The van der Waals surface area contributed by atoms with Gasteiger partial charge in [0.2, 0.25) is 0 Å². The maximum Gasteiger partial charge on any atom is 2.00 e. The van der Waals surface area contributed by atoms with Crippen molar-refractivity contribution < 1.29 is 77.6 Å². The van der Waals surface area contributed by atoms with E-state index in [1.807, 2.05) is 0 Å². The topological polar surface area (TPSA) is 103 Å². The molecule has 0 heterocycles. The Morgan fingerprint density at radius 1 is 0.875 bits per heavy atom. The molecule has 0 saturated carbocycles. The molecular formula is AgCaCrO4Zn+. The van der Waals surface area contributed by atoms with Crippen molar-refractivity contribution in [3.63, 3.8) is 0 Å². The minimum Gasteiger partial charge on any atom is 2.00 e. The van der Waals surface area contributed by atoms with Crippen molar-refractivity contribution in [2.24, 2.45) is 0 Å². The predicted molar refractivity (Wildman–Crippen MR) is 8.50 cm³/mol. The zero-order valence-corrected chi connectivity index (χ0v) is 11.7. The van der Waals surface area contributed by atoms with Gasteiger partial charge in [0, 0.05) is 0 Å². The summed E-state index contributed by atoms with van der Waals surface area (Å²) in [6, 6.07) is 0. The molecule has 0 unspecified atom stereocenters. The van der Waals surface area contributed by atoms with Crippen LogP contribution in [-0.2, 0) is 77.6 Å². The van der Waals surface area contributed by atoms with Crippen LogP contribution in [0.2, 0.25) is 0 Å². The molecule has 0 aliphatic rings. The van der Waals surface area contributed by atoms with Crippen LogP contribution in [0.3, 0.4) is 0 Å². The SMILES string of the molecule is [Ca+2].[Cr+3].[O-2].[O-2].[O-2].[O]=[Ag].[Zn+2]. The summed E-state index contributed by atoms with van der Waals surface area (Å²) >= 11 is 1.70. The molecule has 0 amide bonds. The molecule has 8 heteroatoms. The Labute approximate surface area is 113 Å². The number of rotatable bonds is 0. The summed E-state index contributed by atoms with van der Waals surface area (Å²) < 4.78 is 8.06. The van der Waals surface area contributed by atoms with Crippen LogP contribution >= 0.6 is 0 Å². The first-order valence-corrected chi connectivity index (χ1v) is 0.728. The maximum atomic E-state index is 8.06. The Morgan fingerprint density at radius 2 is 0.875 bits per heavy atom. The largest absolute Gasteiger partial charge is 2.00 e. The van der Waals surface area contributed by atoms with Gasteiger partial charge in [-0.15, -0.1) is 0 Å². The fraction of sp³-hybridized carbons (Fsp3) is 0. The second-order valence-corrected chi connectivity index (χ2v) is 0. The van der Waals surface area contributed by atoms with Gasteiger partial charge >= 0.3 is 98.9 Å². The predicted octanol–water partition coefficient (Wildman–Crippen LogP) is -0.863. The third-order valence-corrected chi connectivity index (χ3v) is 0. The average molecular weight is 329 g/mol. The molecule has 0 saturated heterocycles. The molecule has 0 fully saturated rings. The molecule has 1 radical (unpaired) electrons. The van der Waals surface area contributed by atoms with Gasteiger partial charge in [-0.2, -0.15) is 0 Å². The first-order chi connectivity index (χ1) is 1.00. The molecule has 0 bridgehead atoms. The minimum absolute atomic E-state index is 0. The van der Waals surface area contributed by atoms with Crippen molar-refractivity contribution in [3.8, 4) is 0 Å². The summed E-state index contributed by atoms with van der Waals surface area (Å²) in [5.74, 6) is 0. The van der Waals surface area contributed by atoms with Gasteiger partial charge in [-0.05, 0) is 0 Å². The van der Waals surface area contributed by atoms with Crippen LogP contribution in [0.25, 0.3) is 0 Å². The Balaban J connectivity index is -0.000000000333. The van der Waals surface area contributed by atoms with E-state index in [9.17, 15) is 0 Å². The van der Waals surface area contributed by atoms with Crippen LogP contribution in [-0.4, -0.2) is 37.7 Å². The normalized spacial score (nSPS) is 0.750. The smallest absolute Gasteiger partial charge is 2.00 e. The van der Waals surface area contributed by atoms with Crippen molar-refractivity contribution in [1.29, 1.82) is 0 Å². The van der Waals surface area contributed by atoms with Gasteiger partial charge < -0.3 is 16.4 Å². The molecule has 0 aromatic carbocycles. The van der Waals surface area contributed by atoms with E-state index in [0.29, 0.717) is 0 Å². The molecule has 4 nitrogen and oxygen atoms in total. The van der Waals surface area contributed by atoms with Gasteiger partial charge in [0.05, 0.1) is 0 Å². The molecule has 0 atom stereocenters. The van der Waals surface area contributed by atoms with E-state index in [0.717, 1.165) is 0 Å². The van der Waals surface area contributed by atoms with E-state index in [-0.39, 0.29) is 91.0 Å². The van der Waals surface area contributed by atoms with Crippen LogP contribution in [0.15, 0.2) is 0 Å². The van der Waals surface area contributed by atoms with Gasteiger partial charge in [-0.25, -0.2) is 0 Å². The summed E-state index contributed by atoms with van der Waals surface area (Å²) in [7, 11) is 0. The molecule has 8 heavy (non-hydrogen) atoms. The zero-order valence-electron chi connectivity index (χ0n) is 3.76. The molecule has 0 aliphatic carbocycles. The standard InChI is InChI=1S/Ag.Ca.Cr.4O.Zn/q;+2;+3;;3*-2;+2. The van der Waals surface area contributed by atoms with E-state index >= 15 is 0 Å². The van der Waals surface area contributed by atoms with E-state index in [1.54, 1.807) is 21.0 Å². The summed E-state index contributed by atoms with van der Waals surface area (Å²) in [5.41, 5.74) is 0. The van der Waals surface area contributed by atoms with Crippen molar-refractivity contribution in [2.75, 3.05) is 0 Å². The quantitative estimate of drug-likeness (QED) is 0.530. The molecule has 0 rings (SSSR count). The third kappa shape index (κ3) is 67.5. The molecule has 44 valence electrons. The zero-order chi connectivity index (χ0) is 2.00. The maximum absolute atomic E-state index is 8.06. The average Bonchev–Trinajstić information content (AvgIpc) is 1.00. The molecular weight excluding hydrogens is 329 g/mol. The summed E-state index contributed by atoms with van der Waals surface area (Å²) in [6.45, 7) is 0. The Hall–Kier alpha value is 2.84. The van der Waals surface area contributed by atoms with Crippen molar-refractivity contribution >= 4 is 37.7 Å². The van der Waals surface area contributed by atoms with Crippen molar-refractivity contribution in [2.45, 2.75) is 0 Å². The van der Waals surface area contributed by atoms with E-state index in [2.05, 4.69) is 0 Å². The van der Waals surface area contributed by atoms with Crippen LogP contribution < -0.4 is 0 Å². The second-order valence-electron chi connectivity index (χ2n) is 0. The molecule has 0 aliphatic heterocycles. The number of hydrogen-bond donors (Lipinski definition) is 0. The van der Waals surface area contributed by atoms with Crippen molar-refractivity contribution in [1.82, 2.24) is 0 Å². The van der Waals surface area contributed by atoms with Crippen LogP contribution in [0.1, 0.15) is 0 Å². The number of hydrogen-bond acceptors (Lipinski definition) is 1. The minimum atomic E-state index is 0. The molecule has 0 aromatic heterocycles. The van der Waals surface area contributed by atoms with Crippen LogP contribution in [0, 0.1) is 0 Å². The van der Waals surface area contributed by atoms with E-state index < -0.39 is 0 Å². The van der Waals surface area contributed by atoms with Gasteiger partial charge in [0.15, 0.2) is 0 Å². The second kappa shape index (κ2) is 95.5. The first-order valence-electron chi connectivity index (χ1n) is 0.123.